The maximum absolute atomic E-state index is 11.1. The van der Waals surface area contributed by atoms with Crippen molar-refractivity contribution in [2.45, 2.75) is 12.1 Å². The molecule has 1 aromatic heterocycles. The van der Waals surface area contributed by atoms with Gasteiger partial charge in [-0.15, -0.1) is 0 Å². The minimum absolute atomic E-state index is 0.0662. The molecule has 0 saturated carbocycles. The second-order valence-electron chi connectivity index (χ2n) is 4.99. The van der Waals surface area contributed by atoms with Crippen LogP contribution in [0.5, 0.6) is 0 Å². The molecule has 2 atom stereocenters. The van der Waals surface area contributed by atoms with Crippen LogP contribution in [-0.2, 0) is 4.74 Å². The van der Waals surface area contributed by atoms with Crippen LogP contribution in [0.15, 0.2) is 30.6 Å². The summed E-state index contributed by atoms with van der Waals surface area (Å²) >= 11 is 0. The SMILES string of the molecule is CO[C@H]1CNCC1Nc1ccc([N+](=O)[O-])c2cnccc12. The highest BCUT2D eigenvalue weighted by Gasteiger charge is 2.27. The number of non-ortho nitro benzene ring substituents is 1. The van der Waals surface area contributed by atoms with E-state index in [9.17, 15) is 10.1 Å². The first-order valence-corrected chi connectivity index (χ1v) is 6.72. The molecular weight excluding hydrogens is 272 g/mol. The van der Waals surface area contributed by atoms with Crippen LogP contribution in [0.25, 0.3) is 10.8 Å². The fourth-order valence-electron chi connectivity index (χ4n) is 2.71. The first-order chi connectivity index (χ1) is 10.2. The van der Waals surface area contributed by atoms with E-state index in [-0.39, 0.29) is 22.8 Å². The van der Waals surface area contributed by atoms with E-state index in [1.165, 1.54) is 12.3 Å². The molecule has 1 saturated heterocycles. The van der Waals surface area contributed by atoms with Crippen molar-refractivity contribution in [1.82, 2.24) is 10.3 Å². The van der Waals surface area contributed by atoms with Crippen LogP contribution >= 0.6 is 0 Å². The fraction of sp³-hybridized carbons (Fsp3) is 0.357. The molecule has 7 nitrogen and oxygen atoms in total. The normalized spacial score (nSPS) is 21.6. The van der Waals surface area contributed by atoms with Gasteiger partial charge in [-0.3, -0.25) is 15.1 Å². The van der Waals surface area contributed by atoms with E-state index in [1.807, 2.05) is 0 Å². The van der Waals surface area contributed by atoms with E-state index in [1.54, 1.807) is 25.4 Å². The Morgan fingerprint density at radius 1 is 1.38 bits per heavy atom. The van der Waals surface area contributed by atoms with Gasteiger partial charge in [0.25, 0.3) is 5.69 Å². The number of nitro groups is 1. The third kappa shape index (κ3) is 2.53. The van der Waals surface area contributed by atoms with Gasteiger partial charge in [0.15, 0.2) is 0 Å². The lowest BCUT2D eigenvalue weighted by molar-refractivity contribution is -0.383. The third-order valence-electron chi connectivity index (χ3n) is 3.79. The van der Waals surface area contributed by atoms with Gasteiger partial charge >= 0.3 is 0 Å². The van der Waals surface area contributed by atoms with E-state index < -0.39 is 0 Å². The zero-order valence-electron chi connectivity index (χ0n) is 11.6. The molecule has 0 bridgehead atoms. The Kier molecular flexibility index (Phi) is 3.68. The molecule has 7 heteroatoms. The van der Waals surface area contributed by atoms with Gasteiger partial charge in [0, 0.05) is 49.7 Å². The monoisotopic (exact) mass is 288 g/mol. The standard InChI is InChI=1S/C14H16N4O3/c1-21-14-8-16-7-12(14)17-11-2-3-13(18(19)20)10-6-15-5-4-9(10)11/h2-6,12,14,16-17H,7-8H2,1H3/t12?,14-/m0/s1. The maximum Gasteiger partial charge on any atom is 0.278 e. The van der Waals surface area contributed by atoms with E-state index in [0.29, 0.717) is 5.39 Å². The van der Waals surface area contributed by atoms with Crippen molar-refractivity contribution >= 4 is 22.1 Å². The molecule has 1 aromatic carbocycles. The maximum atomic E-state index is 11.1. The lowest BCUT2D eigenvalue weighted by atomic mass is 10.1. The molecule has 1 aliphatic rings. The van der Waals surface area contributed by atoms with Crippen molar-refractivity contribution < 1.29 is 9.66 Å². The van der Waals surface area contributed by atoms with Crippen molar-refractivity contribution in [3.05, 3.63) is 40.7 Å². The number of nitro benzene ring substituents is 1. The van der Waals surface area contributed by atoms with Gasteiger partial charge in [-0.05, 0) is 12.1 Å². The van der Waals surface area contributed by atoms with Gasteiger partial charge in [0.05, 0.1) is 22.5 Å². The lowest BCUT2D eigenvalue weighted by Crippen LogP contribution is -2.33. The molecule has 110 valence electrons. The third-order valence-corrected chi connectivity index (χ3v) is 3.79. The zero-order chi connectivity index (χ0) is 14.8. The van der Waals surface area contributed by atoms with Gasteiger partial charge in [0.1, 0.15) is 0 Å². The molecule has 1 fully saturated rings. The minimum atomic E-state index is -0.386. The summed E-state index contributed by atoms with van der Waals surface area (Å²) in [5.41, 5.74) is 0.922. The summed E-state index contributed by atoms with van der Waals surface area (Å²) < 4.78 is 5.42. The Bertz CT molecular complexity index is 676. The molecule has 2 heterocycles. The fourth-order valence-corrected chi connectivity index (χ4v) is 2.71. The second-order valence-corrected chi connectivity index (χ2v) is 4.99. The van der Waals surface area contributed by atoms with E-state index in [2.05, 4.69) is 15.6 Å². The highest BCUT2D eigenvalue weighted by atomic mass is 16.6. The average Bonchev–Trinajstić information content (AvgIpc) is 2.94. The molecule has 3 rings (SSSR count). The first-order valence-electron chi connectivity index (χ1n) is 6.72. The number of hydrogen-bond acceptors (Lipinski definition) is 6. The minimum Gasteiger partial charge on any atom is -0.378 e. The molecule has 21 heavy (non-hydrogen) atoms. The van der Waals surface area contributed by atoms with Crippen LogP contribution in [0, 0.1) is 10.1 Å². The summed E-state index contributed by atoms with van der Waals surface area (Å²) in [5, 5.41) is 19.1. The predicted molar refractivity (Wildman–Crippen MR) is 79.5 cm³/mol. The number of benzene rings is 1. The van der Waals surface area contributed by atoms with Crippen LogP contribution < -0.4 is 10.6 Å². The quantitative estimate of drug-likeness (QED) is 0.655. The number of methoxy groups -OCH3 is 1. The van der Waals surface area contributed by atoms with Crippen LogP contribution in [0.4, 0.5) is 11.4 Å². The van der Waals surface area contributed by atoms with Crippen LogP contribution in [-0.4, -0.2) is 42.3 Å². The van der Waals surface area contributed by atoms with Gasteiger partial charge in [-0.2, -0.15) is 0 Å². The van der Waals surface area contributed by atoms with E-state index in [4.69, 9.17) is 4.74 Å². The zero-order valence-corrected chi connectivity index (χ0v) is 11.6. The molecule has 0 amide bonds. The number of hydrogen-bond donors (Lipinski definition) is 2. The topological polar surface area (TPSA) is 89.3 Å². The number of nitrogens with one attached hydrogen (secondary N) is 2. The molecule has 2 N–H and O–H groups in total. The lowest BCUT2D eigenvalue weighted by Gasteiger charge is -2.20. The molecule has 2 aromatic rings. The number of fused-ring (bicyclic) bond motifs is 1. The number of rotatable bonds is 4. The number of nitrogens with zero attached hydrogens (tertiary/aromatic N) is 2. The molecular formula is C14H16N4O3. The smallest absolute Gasteiger partial charge is 0.278 e. The van der Waals surface area contributed by atoms with Crippen molar-refractivity contribution in [1.29, 1.82) is 0 Å². The Morgan fingerprint density at radius 2 is 2.24 bits per heavy atom. The Morgan fingerprint density at radius 3 is 3.00 bits per heavy atom. The summed E-state index contributed by atoms with van der Waals surface area (Å²) in [5.74, 6) is 0. The summed E-state index contributed by atoms with van der Waals surface area (Å²) in [6.07, 6.45) is 3.24. The van der Waals surface area contributed by atoms with Crippen molar-refractivity contribution in [2.24, 2.45) is 0 Å². The van der Waals surface area contributed by atoms with Crippen molar-refractivity contribution in [3.63, 3.8) is 0 Å². The van der Waals surface area contributed by atoms with E-state index in [0.717, 1.165) is 24.2 Å². The number of pyridine rings is 1. The van der Waals surface area contributed by atoms with Gasteiger partial charge < -0.3 is 15.4 Å². The van der Waals surface area contributed by atoms with Crippen molar-refractivity contribution in [3.8, 4) is 0 Å². The Balaban J connectivity index is 2.00. The number of ether oxygens (including phenoxy) is 1. The molecule has 0 spiro atoms. The largest absolute Gasteiger partial charge is 0.378 e. The molecule has 0 aliphatic carbocycles. The van der Waals surface area contributed by atoms with Gasteiger partial charge in [-0.25, -0.2) is 0 Å². The Hall–Kier alpha value is -2.25. The van der Waals surface area contributed by atoms with Crippen LogP contribution in [0.2, 0.25) is 0 Å². The van der Waals surface area contributed by atoms with Crippen molar-refractivity contribution in [2.75, 3.05) is 25.5 Å². The molecule has 0 radical (unpaired) electrons. The average molecular weight is 288 g/mol. The summed E-state index contributed by atoms with van der Waals surface area (Å²) in [6.45, 7) is 1.59. The highest BCUT2D eigenvalue weighted by molar-refractivity contribution is 5.99. The second kappa shape index (κ2) is 5.63. The summed E-state index contributed by atoms with van der Waals surface area (Å²) in [6, 6.07) is 5.17. The first kappa shape index (κ1) is 13.7. The number of anilines is 1. The highest BCUT2D eigenvalue weighted by Crippen LogP contribution is 2.31. The van der Waals surface area contributed by atoms with Crippen LogP contribution in [0.3, 0.4) is 0 Å². The van der Waals surface area contributed by atoms with Gasteiger partial charge in [0.2, 0.25) is 0 Å². The van der Waals surface area contributed by atoms with Gasteiger partial charge in [-0.1, -0.05) is 0 Å². The van der Waals surface area contributed by atoms with Crippen LogP contribution in [0.1, 0.15) is 0 Å². The summed E-state index contributed by atoms with van der Waals surface area (Å²) in [7, 11) is 1.68. The summed E-state index contributed by atoms with van der Waals surface area (Å²) in [4.78, 5) is 14.7. The Labute approximate surface area is 121 Å². The predicted octanol–water partition coefficient (Wildman–Crippen LogP) is 1.54. The number of aromatic nitrogens is 1. The molecule has 1 aliphatic heterocycles. The molecule has 1 unspecified atom stereocenters. The van der Waals surface area contributed by atoms with E-state index >= 15 is 0 Å².